The molecule has 0 radical (unpaired) electrons. The van der Waals surface area contributed by atoms with Gasteiger partial charge in [-0.25, -0.2) is 47.6 Å². The summed E-state index contributed by atoms with van der Waals surface area (Å²) in [6.07, 6.45) is 25.0. The van der Waals surface area contributed by atoms with Gasteiger partial charge in [-0.15, -0.1) is 20.4 Å². The molecule has 666 valence electrons. The third-order valence-electron chi connectivity index (χ3n) is 19.7. The number of anilines is 9. The number of carbonyl (C=O) groups excluding carboxylic acids is 3. The van der Waals surface area contributed by atoms with Gasteiger partial charge in [0.2, 0.25) is 21.8 Å². The van der Waals surface area contributed by atoms with E-state index in [0.29, 0.717) is 116 Å². The molecule has 0 spiro atoms. The number of ether oxygens (including phenoxy) is 5. The molecule has 2 aliphatic rings. The number of aromatic nitrogens is 20. The van der Waals surface area contributed by atoms with Crippen LogP contribution in [0.1, 0.15) is 67.1 Å². The van der Waals surface area contributed by atoms with E-state index in [9.17, 15) is 29.4 Å². The van der Waals surface area contributed by atoms with Crippen LogP contribution >= 0.6 is 34.8 Å². The van der Waals surface area contributed by atoms with Gasteiger partial charge in [0, 0.05) is 101 Å². The maximum Gasteiger partial charge on any atom is 1.00 e. The van der Waals surface area contributed by atoms with Gasteiger partial charge in [-0.2, -0.15) is 19.9 Å². The van der Waals surface area contributed by atoms with Gasteiger partial charge in [0.15, 0.2) is 23.3 Å². The van der Waals surface area contributed by atoms with Crippen LogP contribution in [0.4, 0.5) is 52.5 Å². The summed E-state index contributed by atoms with van der Waals surface area (Å²) < 4.78 is 39.7. The second-order valence-corrected chi connectivity index (χ2v) is 29.5. The van der Waals surface area contributed by atoms with Gasteiger partial charge in [0.1, 0.15) is 93.6 Å². The van der Waals surface area contributed by atoms with Crippen molar-refractivity contribution in [3.8, 4) is 45.7 Å². The quantitative estimate of drug-likeness (QED) is 0.0313. The molecule has 2 amide bonds. The topological polar surface area (TPSA) is 497 Å². The summed E-state index contributed by atoms with van der Waals surface area (Å²) in [5.41, 5.74) is 7.37. The molecule has 10 N–H and O–H groups in total. The Morgan fingerprint density at radius 1 is 0.454 bits per heavy atom. The van der Waals surface area contributed by atoms with Gasteiger partial charge in [-0.05, 0) is 164 Å². The third kappa shape index (κ3) is 23.5. The molecule has 130 heavy (non-hydrogen) atoms. The van der Waals surface area contributed by atoms with Crippen LogP contribution in [-0.2, 0) is 4.74 Å². The van der Waals surface area contributed by atoms with Crippen molar-refractivity contribution in [1.82, 2.24) is 112 Å². The Balaban J connectivity index is 0.000000174. The maximum atomic E-state index is 12.5. The number of methoxy groups -OCH3 is 5. The van der Waals surface area contributed by atoms with Crippen LogP contribution in [0, 0.1) is 0 Å². The zero-order valence-electron chi connectivity index (χ0n) is 72.1. The zero-order chi connectivity index (χ0) is 88.8. The van der Waals surface area contributed by atoms with Gasteiger partial charge in [-0.3, -0.25) is 9.59 Å². The number of halogens is 3. The van der Waals surface area contributed by atoms with Gasteiger partial charge in [0.05, 0.1) is 113 Å². The number of nitrogens with one attached hydrogen (secondary N) is 5. The Bertz CT molecular complexity index is 6590. The van der Waals surface area contributed by atoms with E-state index in [1.54, 1.807) is 185 Å². The molecule has 0 bridgehead atoms. The van der Waals surface area contributed by atoms with Crippen LogP contribution in [0.15, 0.2) is 196 Å². The summed E-state index contributed by atoms with van der Waals surface area (Å²) in [6, 6.07) is 35.8. The van der Waals surface area contributed by atoms with E-state index in [2.05, 4.69) is 81.9 Å². The van der Waals surface area contributed by atoms with Crippen molar-refractivity contribution in [1.29, 1.82) is 0 Å². The molecule has 14 heterocycles. The summed E-state index contributed by atoms with van der Waals surface area (Å²) in [4.78, 5) is 88.1. The Hall–Kier alpha value is -13.9. The monoisotopic (exact) mass is 1820 g/mol. The number of aliphatic hydroxyl groups is 2. The maximum absolute atomic E-state index is 12.5. The number of esters is 1. The molecule has 4 aromatic carbocycles. The van der Waals surface area contributed by atoms with E-state index >= 15 is 0 Å². The average molecular weight is 1820 g/mol. The van der Waals surface area contributed by atoms with Crippen LogP contribution in [-0.4, -0.2) is 259 Å². The largest absolute Gasteiger partial charge is 1.00 e. The van der Waals surface area contributed by atoms with Crippen LogP contribution in [0.2, 0.25) is 15.9 Å². The molecule has 0 unspecified atom stereocenters. The summed E-state index contributed by atoms with van der Waals surface area (Å²) >= 11 is 17.9. The number of fused-ring (bicyclic) bond motifs is 4. The predicted molar refractivity (Wildman–Crippen MR) is 474 cm³/mol. The molecule has 47 heteroatoms. The second-order valence-electron chi connectivity index (χ2n) is 28.5. The molecule has 0 aliphatic carbocycles. The summed E-state index contributed by atoms with van der Waals surface area (Å²) in [7, 11) is 14.3. The number of aliphatic hydroxyl groups excluding tert-OH is 2. The zero-order valence-corrected chi connectivity index (χ0v) is 74.4. The number of carboxylic acid groups (broad SMARTS) is 1. The molecule has 0 saturated carbocycles. The Morgan fingerprint density at radius 3 is 1.11 bits per heavy atom. The van der Waals surface area contributed by atoms with Crippen molar-refractivity contribution in [2.45, 2.75) is 37.8 Å². The fourth-order valence-electron chi connectivity index (χ4n) is 13.5. The first-order valence-electron chi connectivity index (χ1n) is 38.8. The van der Waals surface area contributed by atoms with Crippen molar-refractivity contribution in [3.05, 3.63) is 234 Å². The summed E-state index contributed by atoms with van der Waals surface area (Å²) in [5, 5.41) is 60.6. The molecular weight excluding hydrogens is 1730 g/mol. The standard InChI is InChI=1S/C24H28N8O3.C19H18ClN7O2.C18H15ClN6O3.C17H13ClN6O3.C5H11NO.2Li.2H2O/c1-29(2)23(34)16-10-18(12-19(11-16)35-3)30-13-21(25-15-30)26-22-20-7-5-9-32(20)28-24(27-22)31-8-4-6-17(31)14-33;1-25(2)18(28)12-7-13(9-14(8-12)29-3)26-10-16(21-11-26)22-17-15-5-4-6-27(15)24-19(20)23-17;1-27-13-7-11(17(26)28-2)6-12(8-13)24-9-15(20-10-24)21-16-14-4-3-5-25(14)23-18(19)22-16;1-27-12-6-10(16(25)26)5-11(7-12)23-8-14(19-9-23)20-15-13-3-2-4-24(13)22-17(18)21-15;7-4-5-2-1-3-6-5;;;;/h5,7,9-13,15,17,33H,4,6,8,14H2,1-3H3,(H,26,27,28);4-11H,1-3H3,(H,22,23,24);3-10H,1-2H3,(H,21,22,23);2-9H,1H3,(H,25,26)(H,20,21,22);5-7H,1-4H2;;;2*1H2/q;;;;;2*+1;;/p-2/t17-;;;;5-;;;;/m0...0..../s1. The molecule has 2 fully saturated rings. The summed E-state index contributed by atoms with van der Waals surface area (Å²) in [5.74, 6) is 5.32. The van der Waals surface area contributed by atoms with E-state index in [-0.39, 0.29) is 94.6 Å². The number of amides is 2. The molecule has 16 aromatic rings. The molecule has 2 aliphatic heterocycles. The van der Waals surface area contributed by atoms with Crippen LogP contribution in [0.25, 0.3) is 44.8 Å². The van der Waals surface area contributed by atoms with Crippen LogP contribution in [0.5, 0.6) is 23.0 Å². The van der Waals surface area contributed by atoms with Crippen LogP contribution in [0.3, 0.4) is 0 Å². The number of hydrogen-bond acceptors (Lipinski definition) is 31. The third-order valence-corrected chi connectivity index (χ3v) is 20.2. The van der Waals surface area contributed by atoms with E-state index in [4.69, 9.17) is 68.6 Å². The Kier molecular flexibility index (Phi) is 33.8. The van der Waals surface area contributed by atoms with Gasteiger partial charge in [-0.1, -0.05) is 0 Å². The smallest absolute Gasteiger partial charge is 0.870 e. The van der Waals surface area contributed by atoms with Crippen molar-refractivity contribution < 1.29 is 107 Å². The predicted octanol–water partition coefficient (Wildman–Crippen LogP) is 4.86. The number of benzene rings is 4. The van der Waals surface area contributed by atoms with E-state index in [1.165, 1.54) is 49.7 Å². The van der Waals surface area contributed by atoms with Crippen molar-refractivity contribution >= 4 is 133 Å². The van der Waals surface area contributed by atoms with Gasteiger partial charge >= 0.3 is 49.7 Å². The first-order chi connectivity index (χ1) is 60.9. The van der Waals surface area contributed by atoms with Crippen LogP contribution < -0.4 is 88.2 Å². The minimum Gasteiger partial charge on any atom is -0.870 e. The summed E-state index contributed by atoms with van der Waals surface area (Å²) in [6.45, 7) is 2.26. The molecule has 42 nitrogen and oxygen atoms in total. The van der Waals surface area contributed by atoms with E-state index in [1.807, 2.05) is 82.5 Å². The minimum atomic E-state index is -1.04. The number of hydrogen-bond donors (Lipinski definition) is 8. The second kappa shape index (κ2) is 44.7. The normalized spacial score (nSPS) is 12.9. The average Bonchev–Trinajstić information content (AvgIpc) is 1.54. The first-order valence-corrected chi connectivity index (χ1v) is 39.9. The van der Waals surface area contributed by atoms with Gasteiger partial charge in [0.25, 0.3) is 11.8 Å². The van der Waals surface area contributed by atoms with E-state index < -0.39 is 11.9 Å². The number of nitrogens with zero attached hydrogens (tertiary/aromatic N) is 23. The van der Waals surface area contributed by atoms with Crippen molar-refractivity contribution in [3.63, 3.8) is 0 Å². The number of carbonyl (C=O) groups is 4. The number of imidazole rings is 4. The fraction of sp³-hybridized carbons (Fsp3) is 0.229. The van der Waals surface area contributed by atoms with E-state index in [0.717, 1.165) is 65.8 Å². The van der Waals surface area contributed by atoms with Gasteiger partial charge < -0.3 is 110 Å². The van der Waals surface area contributed by atoms with Crippen molar-refractivity contribution in [2.24, 2.45) is 0 Å². The van der Waals surface area contributed by atoms with Crippen molar-refractivity contribution in [2.75, 3.05) is 116 Å². The number of aromatic carboxylic acids is 1. The Labute approximate surface area is 780 Å². The SMILES string of the molecule is COC(=O)c1cc(OC)cc(-n2cnc(Nc3nc(Cl)nn4cccc34)c2)c1.COc1cc(C(=O)N(C)C)cc(-n2cnc(Nc3nc(Cl)nn4cccc34)c2)c1.COc1cc(C(=O)N(C)C)cc(-n2cnc(Nc3nc(N4CCC[C@H]4CO)nn4cccc34)c2)c1.COc1cc(C(=O)O)cc(-n2cnc(Nc3nc(Cl)nn4cccc34)c2)c1.OC[C@@H]1CCCN1.[Li+].[Li+].[OH-].[OH-]. The molecule has 18 rings (SSSR count). The fourth-order valence-corrected chi connectivity index (χ4v) is 14.0. The first kappa shape index (κ1) is 98.3. The molecule has 12 aromatic heterocycles. The number of carboxylic acids is 1. The molecule has 2 saturated heterocycles. The number of rotatable bonds is 23. The Morgan fingerprint density at radius 2 is 0.792 bits per heavy atom. The minimum absolute atomic E-state index is 0. The molecular formula is C83H87Cl3Li2N28O14. The molecule has 2 atom stereocenters.